The Labute approximate surface area is 111 Å². The van der Waals surface area contributed by atoms with Gasteiger partial charge in [0, 0.05) is 12.5 Å². The highest BCUT2D eigenvalue weighted by Crippen LogP contribution is 2.28. The normalized spacial score (nSPS) is 13.9. The Bertz CT molecular complexity index is 455. The van der Waals surface area contributed by atoms with Gasteiger partial charge in [-0.15, -0.1) is 0 Å². The second-order valence-corrected chi connectivity index (χ2v) is 4.72. The Morgan fingerprint density at radius 1 is 1.16 bits per heavy atom. The number of carbonyl (C=O) groups is 2. The van der Waals surface area contributed by atoms with E-state index in [2.05, 4.69) is 10.6 Å². The molecule has 0 unspecified atom stereocenters. The summed E-state index contributed by atoms with van der Waals surface area (Å²) in [5.41, 5.74) is 0.962. The van der Waals surface area contributed by atoms with Crippen LogP contribution >= 0.6 is 0 Å². The molecule has 5 heteroatoms. The van der Waals surface area contributed by atoms with Crippen LogP contribution in [0.5, 0.6) is 0 Å². The van der Waals surface area contributed by atoms with E-state index in [1.165, 1.54) is 12.1 Å². The smallest absolute Gasteiger partial charge is 0.239 e. The van der Waals surface area contributed by atoms with Crippen molar-refractivity contribution < 1.29 is 14.0 Å². The van der Waals surface area contributed by atoms with Crippen molar-refractivity contribution in [1.29, 1.82) is 0 Å². The van der Waals surface area contributed by atoms with Crippen molar-refractivity contribution in [3.63, 3.8) is 0 Å². The molecule has 1 fully saturated rings. The lowest BCUT2D eigenvalue weighted by Gasteiger charge is -2.06. The first-order chi connectivity index (χ1) is 9.15. The Morgan fingerprint density at radius 3 is 2.47 bits per heavy atom. The van der Waals surface area contributed by atoms with Gasteiger partial charge in [-0.2, -0.15) is 0 Å². The number of hydrogen-bond donors (Lipinski definition) is 2. The van der Waals surface area contributed by atoms with Gasteiger partial charge >= 0.3 is 0 Å². The van der Waals surface area contributed by atoms with Crippen molar-refractivity contribution in [3.05, 3.63) is 35.6 Å². The molecule has 1 aliphatic rings. The first-order valence-corrected chi connectivity index (χ1v) is 6.44. The minimum absolute atomic E-state index is 0.0265. The molecule has 1 aromatic rings. The van der Waals surface area contributed by atoms with Crippen LogP contribution in [-0.2, 0) is 16.0 Å². The molecule has 0 heterocycles. The van der Waals surface area contributed by atoms with Crippen molar-refractivity contribution in [2.24, 2.45) is 5.92 Å². The average Bonchev–Trinajstić information content (AvgIpc) is 3.23. The molecule has 0 aliphatic heterocycles. The number of carbonyl (C=O) groups excluding carboxylic acids is 2. The van der Waals surface area contributed by atoms with Crippen LogP contribution in [0.25, 0.3) is 0 Å². The summed E-state index contributed by atoms with van der Waals surface area (Å²) in [5, 5.41) is 5.31. The van der Waals surface area contributed by atoms with E-state index in [-0.39, 0.29) is 30.1 Å². The van der Waals surface area contributed by atoms with Crippen LogP contribution < -0.4 is 10.6 Å². The molecule has 0 radical (unpaired) electrons. The van der Waals surface area contributed by atoms with Gasteiger partial charge in [0.05, 0.1) is 6.54 Å². The van der Waals surface area contributed by atoms with E-state index in [0.717, 1.165) is 18.4 Å². The molecule has 2 N–H and O–H groups in total. The third-order valence-electron chi connectivity index (χ3n) is 3.02. The Hall–Kier alpha value is -1.91. The Balaban J connectivity index is 1.60. The van der Waals surface area contributed by atoms with Crippen molar-refractivity contribution >= 4 is 11.8 Å². The molecule has 4 nitrogen and oxygen atoms in total. The van der Waals surface area contributed by atoms with Gasteiger partial charge in [-0.1, -0.05) is 12.1 Å². The Kier molecular flexibility index (Phi) is 4.49. The fourth-order valence-corrected chi connectivity index (χ4v) is 1.72. The second kappa shape index (κ2) is 6.31. The number of rotatable bonds is 6. The van der Waals surface area contributed by atoms with E-state index < -0.39 is 0 Å². The summed E-state index contributed by atoms with van der Waals surface area (Å²) in [6.07, 6.45) is 2.50. The lowest BCUT2D eigenvalue weighted by atomic mass is 10.1. The van der Waals surface area contributed by atoms with Gasteiger partial charge in [0.1, 0.15) is 5.82 Å². The lowest BCUT2D eigenvalue weighted by Crippen LogP contribution is -2.38. The molecule has 1 saturated carbocycles. The quantitative estimate of drug-likeness (QED) is 0.805. The van der Waals surface area contributed by atoms with Crippen LogP contribution in [0.15, 0.2) is 24.3 Å². The molecule has 19 heavy (non-hydrogen) atoms. The summed E-state index contributed by atoms with van der Waals surface area (Å²) in [4.78, 5) is 22.8. The van der Waals surface area contributed by atoms with E-state index >= 15 is 0 Å². The van der Waals surface area contributed by atoms with Gasteiger partial charge in [0.2, 0.25) is 11.8 Å². The number of amides is 2. The maximum absolute atomic E-state index is 12.7. The standard InChI is InChI=1S/C14H17FN2O2/c15-12-5-1-10(2-6-12)7-8-16-13(18)9-17-14(19)11-3-4-11/h1-2,5-6,11H,3-4,7-9H2,(H,16,18)(H,17,19). The van der Waals surface area contributed by atoms with E-state index in [4.69, 9.17) is 0 Å². The highest BCUT2D eigenvalue weighted by molar-refractivity contribution is 5.86. The fourth-order valence-electron chi connectivity index (χ4n) is 1.72. The second-order valence-electron chi connectivity index (χ2n) is 4.72. The fraction of sp³-hybridized carbons (Fsp3) is 0.429. The van der Waals surface area contributed by atoms with Crippen LogP contribution in [0.2, 0.25) is 0 Å². The predicted molar refractivity (Wildman–Crippen MR) is 68.8 cm³/mol. The van der Waals surface area contributed by atoms with Crippen LogP contribution in [0.1, 0.15) is 18.4 Å². The molecule has 0 aromatic heterocycles. The molecule has 0 bridgehead atoms. The van der Waals surface area contributed by atoms with E-state index in [9.17, 15) is 14.0 Å². The molecular weight excluding hydrogens is 247 g/mol. The highest BCUT2D eigenvalue weighted by Gasteiger charge is 2.29. The molecule has 1 aromatic carbocycles. The first kappa shape index (κ1) is 13.5. The van der Waals surface area contributed by atoms with Gasteiger partial charge in [0.25, 0.3) is 0 Å². The summed E-state index contributed by atoms with van der Waals surface area (Å²) in [5.74, 6) is -0.382. The summed E-state index contributed by atoms with van der Waals surface area (Å²) >= 11 is 0. The molecular formula is C14H17FN2O2. The number of halogens is 1. The maximum atomic E-state index is 12.7. The van der Waals surface area contributed by atoms with Gasteiger partial charge in [-0.05, 0) is 37.0 Å². The summed E-state index contributed by atoms with van der Waals surface area (Å²) in [6.45, 7) is 0.502. The molecule has 0 saturated heterocycles. The molecule has 1 aliphatic carbocycles. The van der Waals surface area contributed by atoms with Gasteiger partial charge in [0.15, 0.2) is 0 Å². The summed E-state index contributed by atoms with van der Waals surface area (Å²) < 4.78 is 12.7. The number of nitrogens with one attached hydrogen (secondary N) is 2. The third kappa shape index (κ3) is 4.69. The highest BCUT2D eigenvalue weighted by atomic mass is 19.1. The first-order valence-electron chi connectivity index (χ1n) is 6.44. The minimum Gasteiger partial charge on any atom is -0.354 e. The van der Waals surface area contributed by atoms with E-state index in [1.54, 1.807) is 12.1 Å². The zero-order valence-electron chi connectivity index (χ0n) is 10.6. The SMILES string of the molecule is O=C(CNC(=O)C1CC1)NCCc1ccc(F)cc1. The molecule has 0 atom stereocenters. The van der Waals surface area contributed by atoms with E-state index in [1.807, 2.05) is 0 Å². The zero-order chi connectivity index (χ0) is 13.7. The van der Waals surface area contributed by atoms with Crippen LogP contribution in [0, 0.1) is 11.7 Å². The van der Waals surface area contributed by atoms with E-state index in [0.29, 0.717) is 13.0 Å². The van der Waals surface area contributed by atoms with Crippen LogP contribution in [0.3, 0.4) is 0 Å². The van der Waals surface area contributed by atoms with Crippen molar-refractivity contribution in [3.8, 4) is 0 Å². The lowest BCUT2D eigenvalue weighted by molar-refractivity contribution is -0.126. The maximum Gasteiger partial charge on any atom is 0.239 e. The van der Waals surface area contributed by atoms with Crippen molar-refractivity contribution in [2.45, 2.75) is 19.3 Å². The monoisotopic (exact) mass is 264 g/mol. The van der Waals surface area contributed by atoms with Crippen molar-refractivity contribution in [1.82, 2.24) is 10.6 Å². The largest absolute Gasteiger partial charge is 0.354 e. The average molecular weight is 264 g/mol. The summed E-state index contributed by atoms with van der Waals surface area (Å²) in [6, 6.07) is 6.17. The molecule has 102 valence electrons. The molecule has 2 amide bonds. The number of benzene rings is 1. The topological polar surface area (TPSA) is 58.2 Å². The summed E-state index contributed by atoms with van der Waals surface area (Å²) in [7, 11) is 0. The van der Waals surface area contributed by atoms with Gasteiger partial charge in [-0.3, -0.25) is 9.59 Å². The number of hydrogen-bond acceptors (Lipinski definition) is 2. The minimum atomic E-state index is -0.268. The molecule has 0 spiro atoms. The third-order valence-corrected chi connectivity index (χ3v) is 3.02. The zero-order valence-corrected chi connectivity index (χ0v) is 10.6. The van der Waals surface area contributed by atoms with Crippen molar-refractivity contribution in [2.75, 3.05) is 13.1 Å². The van der Waals surface area contributed by atoms with Gasteiger partial charge in [-0.25, -0.2) is 4.39 Å². The van der Waals surface area contributed by atoms with Crippen LogP contribution in [-0.4, -0.2) is 24.9 Å². The molecule has 2 rings (SSSR count). The van der Waals surface area contributed by atoms with Crippen LogP contribution in [0.4, 0.5) is 4.39 Å². The predicted octanol–water partition coefficient (Wildman–Crippen LogP) is 1.01. The Morgan fingerprint density at radius 2 is 1.84 bits per heavy atom. The van der Waals surface area contributed by atoms with Gasteiger partial charge < -0.3 is 10.6 Å².